The van der Waals surface area contributed by atoms with Crippen molar-refractivity contribution in [2.45, 2.75) is 59.0 Å². The lowest BCUT2D eigenvalue weighted by atomic mass is 9.84. The third-order valence-corrected chi connectivity index (χ3v) is 4.80. The van der Waals surface area contributed by atoms with Crippen LogP contribution in [-0.4, -0.2) is 36.6 Å². The first kappa shape index (κ1) is 16.5. The van der Waals surface area contributed by atoms with Gasteiger partial charge in [-0.05, 0) is 36.8 Å². The number of aryl methyl sites for hydroxylation is 1. The van der Waals surface area contributed by atoms with E-state index in [0.717, 1.165) is 6.54 Å². The van der Waals surface area contributed by atoms with E-state index in [0.29, 0.717) is 17.5 Å². The molecule has 118 valence electrons. The van der Waals surface area contributed by atoms with Gasteiger partial charge in [0.2, 0.25) is 0 Å². The van der Waals surface area contributed by atoms with Gasteiger partial charge in [-0.15, -0.1) is 0 Å². The first-order valence-electron chi connectivity index (χ1n) is 8.52. The molecule has 2 heteroatoms. The van der Waals surface area contributed by atoms with Gasteiger partial charge in [0.25, 0.3) is 0 Å². The maximum absolute atomic E-state index is 3.76. The van der Waals surface area contributed by atoms with Gasteiger partial charge in [-0.25, -0.2) is 0 Å². The summed E-state index contributed by atoms with van der Waals surface area (Å²) in [5.41, 5.74) is 1.81. The van der Waals surface area contributed by atoms with Crippen LogP contribution >= 0.6 is 0 Å². The van der Waals surface area contributed by atoms with Crippen molar-refractivity contribution in [1.82, 2.24) is 10.2 Å². The van der Waals surface area contributed by atoms with Crippen LogP contribution in [0.15, 0.2) is 30.3 Å². The van der Waals surface area contributed by atoms with Crippen molar-refractivity contribution in [2.75, 3.05) is 19.6 Å². The monoisotopic (exact) mass is 288 g/mol. The normalized spacial score (nSPS) is 24.2. The second kappa shape index (κ2) is 7.42. The zero-order valence-electron chi connectivity index (χ0n) is 14.2. The second-order valence-corrected chi connectivity index (χ2v) is 7.47. The Kier molecular flexibility index (Phi) is 5.83. The van der Waals surface area contributed by atoms with E-state index in [1.807, 2.05) is 0 Å². The van der Waals surface area contributed by atoms with Crippen LogP contribution in [0.25, 0.3) is 0 Å². The smallest absolute Gasteiger partial charge is 0.0244 e. The van der Waals surface area contributed by atoms with Gasteiger partial charge >= 0.3 is 0 Å². The van der Waals surface area contributed by atoms with Gasteiger partial charge in [0, 0.05) is 25.2 Å². The van der Waals surface area contributed by atoms with E-state index in [9.17, 15) is 0 Å². The molecule has 1 fully saturated rings. The number of benzene rings is 1. The summed E-state index contributed by atoms with van der Waals surface area (Å²) in [5, 5.41) is 3.76. The van der Waals surface area contributed by atoms with Gasteiger partial charge in [0.15, 0.2) is 0 Å². The largest absolute Gasteiger partial charge is 0.311 e. The maximum Gasteiger partial charge on any atom is 0.0244 e. The second-order valence-electron chi connectivity index (χ2n) is 7.47. The molecule has 0 aromatic heterocycles. The zero-order valence-corrected chi connectivity index (χ0v) is 14.2. The van der Waals surface area contributed by atoms with Crippen LogP contribution in [0.3, 0.4) is 0 Å². The standard InChI is InChI=1S/C19H32N2/c1-5-17-14-20-18(19(2,3)4)15-21(17)13-9-12-16-10-7-6-8-11-16/h6-8,10-11,17-18,20H,5,9,12-15H2,1-4H3. The summed E-state index contributed by atoms with van der Waals surface area (Å²) in [7, 11) is 0. The van der Waals surface area contributed by atoms with Gasteiger partial charge < -0.3 is 5.32 Å². The number of piperazine rings is 1. The summed E-state index contributed by atoms with van der Waals surface area (Å²) in [5.74, 6) is 0. The minimum absolute atomic E-state index is 0.344. The van der Waals surface area contributed by atoms with E-state index in [1.54, 1.807) is 0 Å². The van der Waals surface area contributed by atoms with Crippen molar-refractivity contribution in [3.8, 4) is 0 Å². The summed E-state index contributed by atoms with van der Waals surface area (Å²) >= 11 is 0. The van der Waals surface area contributed by atoms with Crippen LogP contribution in [0.2, 0.25) is 0 Å². The molecule has 1 N–H and O–H groups in total. The van der Waals surface area contributed by atoms with E-state index in [-0.39, 0.29) is 0 Å². The molecular weight excluding hydrogens is 256 g/mol. The Morgan fingerprint density at radius 1 is 1.19 bits per heavy atom. The third-order valence-electron chi connectivity index (χ3n) is 4.80. The highest BCUT2D eigenvalue weighted by molar-refractivity contribution is 5.14. The average molecular weight is 288 g/mol. The molecule has 0 saturated carbocycles. The lowest BCUT2D eigenvalue weighted by Gasteiger charge is -2.45. The molecular formula is C19H32N2. The molecule has 2 nitrogen and oxygen atoms in total. The van der Waals surface area contributed by atoms with Gasteiger partial charge in [-0.2, -0.15) is 0 Å². The van der Waals surface area contributed by atoms with Gasteiger partial charge in [0.05, 0.1) is 0 Å². The van der Waals surface area contributed by atoms with E-state index in [4.69, 9.17) is 0 Å². The summed E-state index contributed by atoms with van der Waals surface area (Å²) in [6.45, 7) is 12.9. The van der Waals surface area contributed by atoms with Gasteiger partial charge in [-0.3, -0.25) is 4.90 Å². The molecule has 2 rings (SSSR count). The summed E-state index contributed by atoms with van der Waals surface area (Å²) in [4.78, 5) is 2.72. The lowest BCUT2D eigenvalue weighted by molar-refractivity contribution is 0.0827. The topological polar surface area (TPSA) is 15.3 Å². The van der Waals surface area contributed by atoms with Crippen molar-refractivity contribution in [2.24, 2.45) is 5.41 Å². The molecule has 1 aliphatic heterocycles. The summed E-state index contributed by atoms with van der Waals surface area (Å²) < 4.78 is 0. The van der Waals surface area contributed by atoms with Crippen LogP contribution in [0.4, 0.5) is 0 Å². The lowest BCUT2D eigenvalue weighted by Crippen LogP contribution is -2.60. The van der Waals surface area contributed by atoms with Crippen LogP contribution in [0, 0.1) is 5.41 Å². The highest BCUT2D eigenvalue weighted by Crippen LogP contribution is 2.24. The van der Waals surface area contributed by atoms with Crippen molar-refractivity contribution < 1.29 is 0 Å². The molecule has 2 unspecified atom stereocenters. The van der Waals surface area contributed by atoms with E-state index >= 15 is 0 Å². The summed E-state index contributed by atoms with van der Waals surface area (Å²) in [6, 6.07) is 12.2. The first-order chi connectivity index (χ1) is 10.0. The fourth-order valence-electron chi connectivity index (χ4n) is 3.24. The van der Waals surface area contributed by atoms with Crippen LogP contribution < -0.4 is 5.32 Å². The average Bonchev–Trinajstić information content (AvgIpc) is 2.47. The quantitative estimate of drug-likeness (QED) is 0.888. The molecule has 21 heavy (non-hydrogen) atoms. The SMILES string of the molecule is CCC1CNC(C(C)(C)C)CN1CCCc1ccccc1. The molecule has 1 aromatic carbocycles. The van der Waals surface area contributed by atoms with Crippen molar-refractivity contribution in [3.63, 3.8) is 0 Å². The zero-order chi connectivity index (χ0) is 15.3. The minimum atomic E-state index is 0.344. The first-order valence-corrected chi connectivity index (χ1v) is 8.52. The van der Waals surface area contributed by atoms with Crippen molar-refractivity contribution >= 4 is 0 Å². The van der Waals surface area contributed by atoms with Gasteiger partial charge in [0.1, 0.15) is 0 Å². The van der Waals surface area contributed by atoms with Gasteiger partial charge in [-0.1, -0.05) is 58.0 Å². The fraction of sp³-hybridized carbons (Fsp3) is 0.684. The van der Waals surface area contributed by atoms with E-state index < -0.39 is 0 Å². The van der Waals surface area contributed by atoms with Crippen LogP contribution in [0.1, 0.15) is 46.1 Å². The molecule has 2 atom stereocenters. The van der Waals surface area contributed by atoms with Crippen molar-refractivity contribution in [1.29, 1.82) is 0 Å². The van der Waals surface area contributed by atoms with Crippen molar-refractivity contribution in [3.05, 3.63) is 35.9 Å². The predicted octanol–water partition coefficient (Wildman–Crippen LogP) is 3.72. The molecule has 1 aromatic rings. The van der Waals surface area contributed by atoms with E-state index in [2.05, 4.69) is 68.2 Å². The molecule has 0 spiro atoms. The Hall–Kier alpha value is -0.860. The number of hydrogen-bond acceptors (Lipinski definition) is 2. The fourth-order valence-corrected chi connectivity index (χ4v) is 3.24. The third kappa shape index (κ3) is 4.82. The van der Waals surface area contributed by atoms with Crippen LogP contribution in [0.5, 0.6) is 0 Å². The maximum atomic E-state index is 3.76. The van der Waals surface area contributed by atoms with Crippen LogP contribution in [-0.2, 0) is 6.42 Å². The molecule has 0 bridgehead atoms. The Balaban J connectivity index is 1.86. The number of nitrogens with one attached hydrogen (secondary N) is 1. The summed E-state index contributed by atoms with van der Waals surface area (Å²) in [6.07, 6.45) is 3.70. The Bertz CT molecular complexity index is 407. The molecule has 1 heterocycles. The Morgan fingerprint density at radius 3 is 2.52 bits per heavy atom. The highest BCUT2D eigenvalue weighted by Gasteiger charge is 2.32. The predicted molar refractivity (Wildman–Crippen MR) is 91.7 cm³/mol. The minimum Gasteiger partial charge on any atom is -0.311 e. The Labute approximate surface area is 130 Å². The number of hydrogen-bond donors (Lipinski definition) is 1. The highest BCUT2D eigenvalue weighted by atomic mass is 15.2. The number of rotatable bonds is 5. The molecule has 1 aliphatic rings. The van der Waals surface area contributed by atoms with E-state index in [1.165, 1.54) is 37.9 Å². The molecule has 0 radical (unpaired) electrons. The Morgan fingerprint density at radius 2 is 1.90 bits per heavy atom. The molecule has 0 aliphatic carbocycles. The molecule has 0 amide bonds. The molecule has 1 saturated heterocycles. The number of nitrogens with zero attached hydrogens (tertiary/aromatic N) is 1.